The normalized spacial score (nSPS) is 12.6. The first kappa shape index (κ1) is 18.6. The number of sulfone groups is 1. The Bertz CT molecular complexity index is 627. The van der Waals surface area contributed by atoms with Crippen LogP contribution in [0.1, 0.15) is 26.2 Å². The molecule has 8 heteroatoms. The maximum absolute atomic E-state index is 12.1. The van der Waals surface area contributed by atoms with Crippen molar-refractivity contribution in [3.05, 3.63) is 28.7 Å². The molecule has 0 bridgehead atoms. The number of halogens is 1. The van der Waals surface area contributed by atoms with Crippen molar-refractivity contribution in [2.45, 2.75) is 37.1 Å². The van der Waals surface area contributed by atoms with Crippen LogP contribution in [0.4, 0.5) is 0 Å². The molecular formula is C14H18BrNO5S. The minimum absolute atomic E-state index is 0.0414. The molecule has 6 nitrogen and oxygen atoms in total. The maximum atomic E-state index is 12.1. The molecule has 1 atom stereocenters. The minimum atomic E-state index is -3.42. The largest absolute Gasteiger partial charge is 0.481 e. The van der Waals surface area contributed by atoms with Crippen molar-refractivity contribution in [2.75, 3.05) is 5.75 Å². The number of carbonyl (C=O) groups is 2. The van der Waals surface area contributed by atoms with E-state index in [1.54, 1.807) is 19.1 Å². The quantitative estimate of drug-likeness (QED) is 0.705. The summed E-state index contributed by atoms with van der Waals surface area (Å²) in [6.45, 7) is 1.59. The highest BCUT2D eigenvalue weighted by Gasteiger charge is 2.16. The highest BCUT2D eigenvalue weighted by molar-refractivity contribution is 9.10. The van der Waals surface area contributed by atoms with Crippen LogP contribution >= 0.6 is 15.9 Å². The van der Waals surface area contributed by atoms with Gasteiger partial charge in [-0.1, -0.05) is 15.9 Å². The van der Waals surface area contributed by atoms with Gasteiger partial charge in [-0.05, 0) is 37.6 Å². The van der Waals surface area contributed by atoms with E-state index in [0.29, 0.717) is 0 Å². The van der Waals surface area contributed by atoms with Crippen molar-refractivity contribution in [2.24, 2.45) is 0 Å². The van der Waals surface area contributed by atoms with Gasteiger partial charge in [-0.2, -0.15) is 0 Å². The molecule has 0 aliphatic rings. The number of rotatable bonds is 8. The van der Waals surface area contributed by atoms with Gasteiger partial charge in [0.05, 0.1) is 17.1 Å². The van der Waals surface area contributed by atoms with Crippen molar-refractivity contribution in [1.29, 1.82) is 0 Å². The summed E-state index contributed by atoms with van der Waals surface area (Å²) >= 11 is 3.23. The summed E-state index contributed by atoms with van der Waals surface area (Å²) in [6.07, 6.45) is 0.0622. The predicted octanol–water partition coefficient (Wildman–Crippen LogP) is 1.98. The summed E-state index contributed by atoms with van der Waals surface area (Å²) in [7, 11) is -3.42. The van der Waals surface area contributed by atoms with E-state index < -0.39 is 21.8 Å². The zero-order chi connectivity index (χ0) is 16.8. The molecule has 1 amide bonds. The molecule has 0 saturated heterocycles. The van der Waals surface area contributed by atoms with E-state index >= 15 is 0 Å². The highest BCUT2D eigenvalue weighted by Crippen LogP contribution is 2.16. The van der Waals surface area contributed by atoms with Crippen LogP contribution in [0.2, 0.25) is 0 Å². The average molecular weight is 392 g/mol. The van der Waals surface area contributed by atoms with Crippen LogP contribution < -0.4 is 5.32 Å². The summed E-state index contributed by atoms with van der Waals surface area (Å²) < 4.78 is 24.9. The fraction of sp³-hybridized carbons (Fsp3) is 0.429. The number of amides is 1. The van der Waals surface area contributed by atoms with Crippen LogP contribution in [-0.4, -0.2) is 37.2 Å². The van der Waals surface area contributed by atoms with Crippen LogP contribution in [-0.2, 0) is 19.4 Å². The van der Waals surface area contributed by atoms with E-state index in [1.165, 1.54) is 12.1 Å². The summed E-state index contributed by atoms with van der Waals surface area (Å²) in [6, 6.07) is 5.83. The molecule has 0 spiro atoms. The fourth-order valence-electron chi connectivity index (χ4n) is 1.84. The van der Waals surface area contributed by atoms with Crippen LogP contribution in [0.15, 0.2) is 33.6 Å². The first-order chi connectivity index (χ1) is 10.2. The van der Waals surface area contributed by atoms with Gasteiger partial charge in [-0.25, -0.2) is 8.42 Å². The second-order valence-electron chi connectivity index (χ2n) is 4.94. The molecule has 0 aliphatic carbocycles. The molecule has 0 aromatic heterocycles. The van der Waals surface area contributed by atoms with Gasteiger partial charge in [0.1, 0.15) is 0 Å². The van der Waals surface area contributed by atoms with Crippen LogP contribution in [0, 0.1) is 0 Å². The SMILES string of the molecule is CC(CC(=O)O)NC(=O)CCCS(=O)(=O)c1ccc(Br)cc1. The molecule has 122 valence electrons. The zero-order valence-corrected chi connectivity index (χ0v) is 14.5. The third kappa shape index (κ3) is 6.57. The average Bonchev–Trinajstić information content (AvgIpc) is 2.37. The molecule has 1 rings (SSSR count). The van der Waals surface area contributed by atoms with Gasteiger partial charge < -0.3 is 10.4 Å². The number of hydrogen-bond donors (Lipinski definition) is 2. The summed E-state index contributed by atoms with van der Waals surface area (Å²) in [5.41, 5.74) is 0. The Morgan fingerprint density at radius 3 is 2.41 bits per heavy atom. The van der Waals surface area contributed by atoms with E-state index in [0.717, 1.165) is 4.47 Å². The van der Waals surface area contributed by atoms with E-state index in [4.69, 9.17) is 5.11 Å². The molecule has 2 N–H and O–H groups in total. The third-order valence-electron chi connectivity index (χ3n) is 2.88. The zero-order valence-electron chi connectivity index (χ0n) is 12.1. The molecule has 0 radical (unpaired) electrons. The summed E-state index contributed by atoms with van der Waals surface area (Å²) in [5.74, 6) is -1.47. The number of aliphatic carboxylic acids is 1. The lowest BCUT2D eigenvalue weighted by Gasteiger charge is -2.11. The van der Waals surface area contributed by atoms with Gasteiger partial charge in [-0.3, -0.25) is 9.59 Å². The smallest absolute Gasteiger partial charge is 0.305 e. The fourth-order valence-corrected chi connectivity index (χ4v) is 3.42. The lowest BCUT2D eigenvalue weighted by atomic mass is 10.2. The number of hydrogen-bond acceptors (Lipinski definition) is 4. The molecule has 1 aromatic rings. The van der Waals surface area contributed by atoms with Gasteiger partial charge in [0.2, 0.25) is 5.91 Å². The van der Waals surface area contributed by atoms with Crippen LogP contribution in [0.5, 0.6) is 0 Å². The lowest BCUT2D eigenvalue weighted by molar-refractivity contribution is -0.137. The number of carboxylic acid groups (broad SMARTS) is 1. The van der Waals surface area contributed by atoms with E-state index in [2.05, 4.69) is 21.2 Å². The van der Waals surface area contributed by atoms with Gasteiger partial charge in [-0.15, -0.1) is 0 Å². The Morgan fingerprint density at radius 1 is 1.27 bits per heavy atom. The summed E-state index contributed by atoms with van der Waals surface area (Å²) in [4.78, 5) is 22.3. The Labute approximate surface area is 138 Å². The first-order valence-corrected chi connectivity index (χ1v) is 9.14. The number of nitrogens with one attached hydrogen (secondary N) is 1. The van der Waals surface area contributed by atoms with E-state index in [1.807, 2.05) is 0 Å². The topological polar surface area (TPSA) is 101 Å². The Kier molecular flexibility index (Phi) is 7.02. The third-order valence-corrected chi connectivity index (χ3v) is 5.22. The maximum Gasteiger partial charge on any atom is 0.305 e. The van der Waals surface area contributed by atoms with Crippen LogP contribution in [0.25, 0.3) is 0 Å². The number of carbonyl (C=O) groups excluding carboxylic acids is 1. The minimum Gasteiger partial charge on any atom is -0.481 e. The number of benzene rings is 1. The Balaban J connectivity index is 2.44. The van der Waals surface area contributed by atoms with Crippen molar-refractivity contribution in [1.82, 2.24) is 5.32 Å². The standard InChI is InChI=1S/C14H18BrNO5S/c1-10(9-14(18)19)16-13(17)3-2-8-22(20,21)12-6-4-11(15)5-7-12/h4-7,10H,2-3,8-9H2,1H3,(H,16,17)(H,18,19). The number of carboxylic acids is 1. The Hall–Kier alpha value is -1.41. The lowest BCUT2D eigenvalue weighted by Crippen LogP contribution is -2.34. The molecule has 1 aromatic carbocycles. The molecule has 0 saturated carbocycles. The van der Waals surface area contributed by atoms with E-state index in [9.17, 15) is 18.0 Å². The van der Waals surface area contributed by atoms with Crippen molar-refractivity contribution < 1.29 is 23.1 Å². The van der Waals surface area contributed by atoms with Gasteiger partial charge in [0, 0.05) is 16.9 Å². The molecule has 0 fully saturated rings. The van der Waals surface area contributed by atoms with Crippen molar-refractivity contribution >= 4 is 37.6 Å². The van der Waals surface area contributed by atoms with Crippen LogP contribution in [0.3, 0.4) is 0 Å². The van der Waals surface area contributed by atoms with Crippen molar-refractivity contribution in [3.63, 3.8) is 0 Å². The monoisotopic (exact) mass is 391 g/mol. The van der Waals surface area contributed by atoms with Gasteiger partial charge in [0.25, 0.3) is 0 Å². The molecule has 0 aliphatic heterocycles. The first-order valence-electron chi connectivity index (χ1n) is 6.70. The molecule has 1 unspecified atom stereocenters. The predicted molar refractivity (Wildman–Crippen MR) is 85.3 cm³/mol. The Morgan fingerprint density at radius 2 is 1.86 bits per heavy atom. The van der Waals surface area contributed by atoms with Gasteiger partial charge >= 0.3 is 5.97 Å². The second-order valence-corrected chi connectivity index (χ2v) is 7.97. The van der Waals surface area contributed by atoms with Gasteiger partial charge in [0.15, 0.2) is 9.84 Å². The second kappa shape index (κ2) is 8.28. The molecular weight excluding hydrogens is 374 g/mol. The molecule has 22 heavy (non-hydrogen) atoms. The van der Waals surface area contributed by atoms with Crippen molar-refractivity contribution in [3.8, 4) is 0 Å². The summed E-state index contributed by atoms with van der Waals surface area (Å²) in [5, 5.41) is 11.1. The molecule has 0 heterocycles. The highest BCUT2D eigenvalue weighted by atomic mass is 79.9. The van der Waals surface area contributed by atoms with E-state index in [-0.39, 0.29) is 35.8 Å².